The molecule has 4 rings (SSSR count). The van der Waals surface area contributed by atoms with Gasteiger partial charge in [0.25, 0.3) is 5.91 Å². The topological polar surface area (TPSA) is 82.8 Å². The minimum Gasteiger partial charge on any atom is -0.494 e. The number of ether oxygens (including phenoxy) is 3. The second-order valence-electron chi connectivity index (χ2n) is 8.29. The first kappa shape index (κ1) is 25.4. The third-order valence-electron chi connectivity index (χ3n) is 5.59. The molecule has 1 N–H and O–H groups in total. The van der Waals surface area contributed by atoms with Crippen molar-refractivity contribution in [2.75, 3.05) is 13.2 Å². The van der Waals surface area contributed by atoms with Gasteiger partial charge in [-0.05, 0) is 56.0 Å². The molecule has 3 aromatic rings. The number of halogens is 3. The van der Waals surface area contributed by atoms with Gasteiger partial charge in [-0.25, -0.2) is 9.37 Å². The number of aromatic nitrogens is 1. The molecule has 10 heteroatoms. The van der Waals surface area contributed by atoms with Crippen molar-refractivity contribution in [1.82, 2.24) is 10.3 Å². The van der Waals surface area contributed by atoms with Gasteiger partial charge in [0.1, 0.15) is 23.0 Å². The lowest BCUT2D eigenvalue weighted by molar-refractivity contribution is -0.0515. The number of benzene rings is 2. The highest BCUT2D eigenvalue weighted by molar-refractivity contribution is 5.94. The highest BCUT2D eigenvalue weighted by Crippen LogP contribution is 2.36. The van der Waals surface area contributed by atoms with Gasteiger partial charge in [0, 0.05) is 18.1 Å². The third-order valence-corrected chi connectivity index (χ3v) is 5.59. The lowest BCUT2D eigenvalue weighted by Gasteiger charge is -2.12. The first-order chi connectivity index (χ1) is 17.4. The van der Waals surface area contributed by atoms with E-state index in [1.54, 1.807) is 19.1 Å². The van der Waals surface area contributed by atoms with Crippen LogP contribution in [-0.2, 0) is 13.0 Å². The Hall–Kier alpha value is -3.69. The Kier molecular flexibility index (Phi) is 8.02. The molecular formula is C26H27F3N2O5. The third kappa shape index (κ3) is 6.30. The molecule has 1 aromatic heterocycles. The first-order valence-electron chi connectivity index (χ1n) is 11.8. The molecule has 1 aliphatic carbocycles. The molecular weight excluding hydrogens is 477 g/mol. The van der Waals surface area contributed by atoms with Gasteiger partial charge in [-0.3, -0.25) is 4.79 Å². The summed E-state index contributed by atoms with van der Waals surface area (Å²) in [5, 5.41) is 2.66. The summed E-state index contributed by atoms with van der Waals surface area (Å²) in [6.07, 6.45) is 2.58. The fraction of sp³-hybridized carbons (Fsp3) is 0.385. The van der Waals surface area contributed by atoms with Crippen LogP contribution in [-0.4, -0.2) is 30.7 Å². The molecule has 1 saturated carbocycles. The molecule has 1 amide bonds. The number of hydrogen-bond acceptors (Lipinski definition) is 6. The van der Waals surface area contributed by atoms with Crippen molar-refractivity contribution in [3.63, 3.8) is 0 Å². The van der Waals surface area contributed by atoms with Gasteiger partial charge in [-0.1, -0.05) is 6.92 Å². The number of oxazole rings is 1. The van der Waals surface area contributed by atoms with Crippen LogP contribution in [0.1, 0.15) is 48.5 Å². The van der Waals surface area contributed by atoms with E-state index < -0.39 is 18.3 Å². The molecule has 0 saturated heterocycles. The number of carbonyl (C=O) groups is 1. The van der Waals surface area contributed by atoms with E-state index in [1.165, 1.54) is 18.2 Å². The van der Waals surface area contributed by atoms with E-state index in [0.29, 0.717) is 48.3 Å². The quantitative estimate of drug-likeness (QED) is 0.338. The zero-order valence-corrected chi connectivity index (χ0v) is 20.0. The van der Waals surface area contributed by atoms with Crippen LogP contribution < -0.4 is 19.5 Å². The maximum atomic E-state index is 14.3. The number of rotatable bonds is 12. The normalized spacial score (nSPS) is 13.1. The molecule has 1 heterocycles. The molecule has 2 aromatic carbocycles. The fourth-order valence-electron chi connectivity index (χ4n) is 3.56. The van der Waals surface area contributed by atoms with Crippen LogP contribution in [0.25, 0.3) is 11.5 Å². The summed E-state index contributed by atoms with van der Waals surface area (Å²) in [5.41, 5.74) is 0.861. The van der Waals surface area contributed by atoms with E-state index in [4.69, 9.17) is 13.9 Å². The zero-order chi connectivity index (χ0) is 25.7. The van der Waals surface area contributed by atoms with Crippen LogP contribution in [0.5, 0.6) is 17.2 Å². The fourth-order valence-corrected chi connectivity index (χ4v) is 3.56. The molecule has 0 spiro atoms. The smallest absolute Gasteiger partial charge is 0.387 e. The second-order valence-corrected chi connectivity index (χ2v) is 8.29. The Morgan fingerprint density at radius 2 is 1.94 bits per heavy atom. The minimum atomic E-state index is -2.98. The summed E-state index contributed by atoms with van der Waals surface area (Å²) < 4.78 is 61.4. The van der Waals surface area contributed by atoms with Crippen molar-refractivity contribution >= 4 is 5.91 Å². The SMILES string of the molecule is CCOc1ccc(C(=O)NCc2nc(-c3ccc(OC(F)F)c(OCC4CC4)c3)oc2CC)c(F)c1. The van der Waals surface area contributed by atoms with E-state index >= 15 is 0 Å². The van der Waals surface area contributed by atoms with Crippen LogP contribution in [0.4, 0.5) is 13.2 Å². The van der Waals surface area contributed by atoms with Crippen LogP contribution >= 0.6 is 0 Å². The lowest BCUT2D eigenvalue weighted by Crippen LogP contribution is -2.24. The summed E-state index contributed by atoms with van der Waals surface area (Å²) >= 11 is 0. The number of carbonyl (C=O) groups excluding carboxylic acids is 1. The van der Waals surface area contributed by atoms with Gasteiger partial charge in [-0.15, -0.1) is 0 Å². The van der Waals surface area contributed by atoms with Crippen molar-refractivity contribution in [3.8, 4) is 28.7 Å². The maximum Gasteiger partial charge on any atom is 0.387 e. The Labute approximate surface area is 206 Å². The van der Waals surface area contributed by atoms with Gasteiger partial charge in [-0.2, -0.15) is 8.78 Å². The molecule has 7 nitrogen and oxygen atoms in total. The van der Waals surface area contributed by atoms with Crippen LogP contribution in [0, 0.1) is 11.7 Å². The average molecular weight is 505 g/mol. The zero-order valence-electron chi connectivity index (χ0n) is 20.0. The maximum absolute atomic E-state index is 14.3. The predicted molar refractivity (Wildman–Crippen MR) is 125 cm³/mol. The Morgan fingerprint density at radius 3 is 2.61 bits per heavy atom. The van der Waals surface area contributed by atoms with E-state index in [2.05, 4.69) is 15.0 Å². The van der Waals surface area contributed by atoms with Crippen LogP contribution in [0.3, 0.4) is 0 Å². The van der Waals surface area contributed by atoms with Crippen molar-refractivity contribution in [3.05, 3.63) is 59.2 Å². The number of hydrogen-bond donors (Lipinski definition) is 1. The highest BCUT2D eigenvalue weighted by Gasteiger charge is 2.24. The molecule has 192 valence electrons. The van der Waals surface area contributed by atoms with Gasteiger partial charge < -0.3 is 23.9 Å². The highest BCUT2D eigenvalue weighted by atomic mass is 19.3. The molecule has 1 fully saturated rings. The molecule has 0 radical (unpaired) electrons. The summed E-state index contributed by atoms with van der Waals surface area (Å²) in [4.78, 5) is 17.0. The van der Waals surface area contributed by atoms with Gasteiger partial charge in [0.15, 0.2) is 11.5 Å². The Balaban J connectivity index is 1.50. The number of alkyl halides is 2. The van der Waals surface area contributed by atoms with E-state index in [1.807, 2.05) is 6.92 Å². The molecule has 0 bridgehead atoms. The Morgan fingerprint density at radius 1 is 1.14 bits per heavy atom. The van der Waals surface area contributed by atoms with E-state index in [0.717, 1.165) is 18.9 Å². The van der Waals surface area contributed by atoms with Gasteiger partial charge in [0.2, 0.25) is 5.89 Å². The average Bonchev–Trinajstić information content (AvgIpc) is 3.59. The van der Waals surface area contributed by atoms with E-state index in [9.17, 15) is 18.0 Å². The van der Waals surface area contributed by atoms with Crippen molar-refractivity contribution in [2.45, 2.75) is 46.3 Å². The summed E-state index contributed by atoms with van der Waals surface area (Å²) in [7, 11) is 0. The van der Waals surface area contributed by atoms with Gasteiger partial charge >= 0.3 is 6.61 Å². The van der Waals surface area contributed by atoms with Gasteiger partial charge in [0.05, 0.1) is 25.3 Å². The second kappa shape index (κ2) is 11.4. The number of amides is 1. The Bertz CT molecular complexity index is 1210. The van der Waals surface area contributed by atoms with E-state index in [-0.39, 0.29) is 29.5 Å². The molecule has 0 aliphatic heterocycles. The summed E-state index contributed by atoms with van der Waals surface area (Å²) in [6, 6.07) is 8.52. The lowest BCUT2D eigenvalue weighted by atomic mass is 10.2. The molecule has 0 unspecified atom stereocenters. The number of nitrogens with zero attached hydrogens (tertiary/aromatic N) is 1. The number of aryl methyl sites for hydroxylation is 1. The summed E-state index contributed by atoms with van der Waals surface area (Å²) in [6.45, 7) is 1.47. The first-order valence-corrected chi connectivity index (χ1v) is 11.8. The monoisotopic (exact) mass is 504 g/mol. The van der Waals surface area contributed by atoms with Crippen molar-refractivity contribution < 1.29 is 36.6 Å². The number of nitrogens with one attached hydrogen (secondary N) is 1. The molecule has 0 atom stereocenters. The molecule has 1 aliphatic rings. The standard InChI is InChI=1S/C26H27F3N2O5/c1-3-21-20(13-30-24(32)18-9-8-17(33-4-2)12-19(18)27)31-25(35-21)16-7-10-22(36-26(28)29)23(11-16)34-14-15-5-6-15/h7-12,15,26H,3-6,13-14H2,1-2H3,(H,30,32). The largest absolute Gasteiger partial charge is 0.494 e. The van der Waals surface area contributed by atoms with Crippen molar-refractivity contribution in [1.29, 1.82) is 0 Å². The van der Waals surface area contributed by atoms with Crippen molar-refractivity contribution in [2.24, 2.45) is 5.92 Å². The van der Waals surface area contributed by atoms with Crippen LogP contribution in [0.15, 0.2) is 40.8 Å². The predicted octanol–water partition coefficient (Wildman–Crippen LogP) is 5.76. The van der Waals surface area contributed by atoms with Crippen LogP contribution in [0.2, 0.25) is 0 Å². The minimum absolute atomic E-state index is 0.00969. The summed E-state index contributed by atoms with van der Waals surface area (Å²) in [5.74, 6) is 0.335. The molecule has 36 heavy (non-hydrogen) atoms.